The minimum atomic E-state index is -0.173. The van der Waals surface area contributed by atoms with Gasteiger partial charge in [0.1, 0.15) is 0 Å². The number of hydrogen-bond acceptors (Lipinski definition) is 3. The topological polar surface area (TPSA) is 67.2 Å². The molecule has 0 aliphatic heterocycles. The fourth-order valence-corrected chi connectivity index (χ4v) is 4.25. The molecular formula is C28H36N4O2. The van der Waals surface area contributed by atoms with Gasteiger partial charge in [0, 0.05) is 37.0 Å². The first-order chi connectivity index (χ1) is 16.2. The lowest BCUT2D eigenvalue weighted by atomic mass is 10.0. The smallest absolute Gasteiger partial charge is 0.227 e. The molecule has 0 aliphatic carbocycles. The Hall–Kier alpha value is -3.41. The molecule has 1 heterocycles. The van der Waals surface area contributed by atoms with Gasteiger partial charge in [0.15, 0.2) is 0 Å². The van der Waals surface area contributed by atoms with E-state index < -0.39 is 0 Å². The quantitative estimate of drug-likeness (QED) is 0.462. The third-order valence-electron chi connectivity index (χ3n) is 6.07. The third kappa shape index (κ3) is 6.34. The van der Waals surface area contributed by atoms with Crippen molar-refractivity contribution >= 4 is 17.5 Å². The van der Waals surface area contributed by atoms with E-state index in [0.717, 1.165) is 40.3 Å². The maximum Gasteiger partial charge on any atom is 0.227 e. The van der Waals surface area contributed by atoms with Gasteiger partial charge in [-0.15, -0.1) is 0 Å². The van der Waals surface area contributed by atoms with Gasteiger partial charge in [0.25, 0.3) is 0 Å². The predicted octanol–water partition coefficient (Wildman–Crippen LogP) is 5.45. The van der Waals surface area contributed by atoms with E-state index in [2.05, 4.69) is 19.2 Å². The minimum Gasteiger partial charge on any atom is -0.331 e. The van der Waals surface area contributed by atoms with E-state index in [1.54, 1.807) is 0 Å². The highest BCUT2D eigenvalue weighted by atomic mass is 16.2. The number of rotatable bonds is 9. The fraction of sp³-hybridized carbons (Fsp3) is 0.393. The maximum absolute atomic E-state index is 13.7. The first-order valence-corrected chi connectivity index (χ1v) is 11.9. The SMILES string of the molecule is CC(=O)Nc1cccc(C(C)N(Cc2ccccc2)C(=O)Cc2c(C)nn(CC(C)C)c2C)c1. The molecule has 1 unspecified atom stereocenters. The predicted molar refractivity (Wildman–Crippen MR) is 136 cm³/mol. The number of aryl methyl sites for hydroxylation is 1. The zero-order valence-electron chi connectivity index (χ0n) is 21.1. The van der Waals surface area contributed by atoms with E-state index in [1.165, 1.54) is 6.92 Å². The standard InChI is InChI=1S/C28H36N4O2/c1-19(2)17-32-22(5)27(20(3)30-32)16-28(34)31(18-24-11-8-7-9-12-24)21(4)25-13-10-14-26(15-25)29-23(6)33/h7-15,19,21H,16-18H2,1-6H3,(H,29,33). The number of amides is 2. The number of carbonyl (C=O) groups excluding carboxylic acids is 2. The summed E-state index contributed by atoms with van der Waals surface area (Å²) >= 11 is 0. The molecule has 2 amide bonds. The second kappa shape index (κ2) is 11.1. The Balaban J connectivity index is 1.91. The highest BCUT2D eigenvalue weighted by Gasteiger charge is 2.25. The van der Waals surface area contributed by atoms with Gasteiger partial charge in [0.05, 0.1) is 18.2 Å². The fourth-order valence-electron chi connectivity index (χ4n) is 4.25. The molecule has 0 saturated carbocycles. The van der Waals surface area contributed by atoms with Crippen molar-refractivity contribution in [3.63, 3.8) is 0 Å². The van der Waals surface area contributed by atoms with Gasteiger partial charge in [-0.05, 0) is 49.9 Å². The number of benzene rings is 2. The molecule has 6 nitrogen and oxygen atoms in total. The summed E-state index contributed by atoms with van der Waals surface area (Å²) in [5.74, 6) is 0.412. The monoisotopic (exact) mass is 460 g/mol. The van der Waals surface area contributed by atoms with Crippen LogP contribution in [-0.2, 0) is 29.1 Å². The van der Waals surface area contributed by atoms with Gasteiger partial charge < -0.3 is 10.2 Å². The number of carbonyl (C=O) groups is 2. The second-order valence-corrected chi connectivity index (χ2v) is 9.39. The molecule has 0 saturated heterocycles. The summed E-state index contributed by atoms with van der Waals surface area (Å²) in [6, 6.07) is 17.6. The Morgan fingerprint density at radius 2 is 1.74 bits per heavy atom. The number of anilines is 1. The van der Waals surface area contributed by atoms with Crippen molar-refractivity contribution in [2.45, 2.75) is 67.1 Å². The molecule has 6 heteroatoms. The zero-order valence-corrected chi connectivity index (χ0v) is 21.1. The van der Waals surface area contributed by atoms with E-state index >= 15 is 0 Å². The van der Waals surface area contributed by atoms with Crippen molar-refractivity contribution in [3.8, 4) is 0 Å². The lowest BCUT2D eigenvalue weighted by Crippen LogP contribution is -2.34. The lowest BCUT2D eigenvalue weighted by Gasteiger charge is -2.30. The van der Waals surface area contributed by atoms with Gasteiger partial charge in [-0.2, -0.15) is 5.10 Å². The highest BCUT2D eigenvalue weighted by molar-refractivity contribution is 5.88. The molecule has 0 aliphatic rings. The molecule has 180 valence electrons. The van der Waals surface area contributed by atoms with E-state index in [1.807, 2.05) is 85.0 Å². The molecule has 0 bridgehead atoms. The molecular weight excluding hydrogens is 424 g/mol. The molecule has 1 N–H and O–H groups in total. The van der Waals surface area contributed by atoms with Crippen LogP contribution in [0.15, 0.2) is 54.6 Å². The average Bonchev–Trinajstić information content (AvgIpc) is 3.04. The third-order valence-corrected chi connectivity index (χ3v) is 6.07. The van der Waals surface area contributed by atoms with Crippen molar-refractivity contribution in [1.29, 1.82) is 0 Å². The molecule has 0 radical (unpaired) electrons. The Labute approximate surface area is 203 Å². The van der Waals surface area contributed by atoms with Gasteiger partial charge >= 0.3 is 0 Å². The number of nitrogens with one attached hydrogen (secondary N) is 1. The van der Waals surface area contributed by atoms with Crippen LogP contribution in [0.1, 0.15) is 61.8 Å². The summed E-state index contributed by atoms with van der Waals surface area (Å²) in [5.41, 5.74) is 5.74. The van der Waals surface area contributed by atoms with Crippen LogP contribution in [0.4, 0.5) is 5.69 Å². The summed E-state index contributed by atoms with van der Waals surface area (Å²) in [7, 11) is 0. The van der Waals surface area contributed by atoms with Gasteiger partial charge in [0.2, 0.25) is 11.8 Å². The number of nitrogens with zero attached hydrogens (tertiary/aromatic N) is 3. The number of hydrogen-bond donors (Lipinski definition) is 1. The minimum absolute atomic E-state index is 0.0524. The molecule has 34 heavy (non-hydrogen) atoms. The number of aromatic nitrogens is 2. The normalized spacial score (nSPS) is 12.0. The van der Waals surface area contributed by atoms with Gasteiger partial charge in [-0.3, -0.25) is 14.3 Å². The van der Waals surface area contributed by atoms with Crippen molar-refractivity contribution < 1.29 is 9.59 Å². The van der Waals surface area contributed by atoms with Crippen LogP contribution in [0.5, 0.6) is 0 Å². The Kier molecular flexibility index (Phi) is 8.26. The van der Waals surface area contributed by atoms with Crippen molar-refractivity contribution in [1.82, 2.24) is 14.7 Å². The first kappa shape index (κ1) is 25.2. The van der Waals surface area contributed by atoms with Crippen LogP contribution in [0.25, 0.3) is 0 Å². The van der Waals surface area contributed by atoms with Crippen LogP contribution in [0.3, 0.4) is 0 Å². The lowest BCUT2D eigenvalue weighted by molar-refractivity contribution is -0.133. The molecule has 0 fully saturated rings. The summed E-state index contributed by atoms with van der Waals surface area (Å²) < 4.78 is 2.02. The van der Waals surface area contributed by atoms with Crippen molar-refractivity contribution in [2.24, 2.45) is 5.92 Å². The molecule has 3 rings (SSSR count). The van der Waals surface area contributed by atoms with Gasteiger partial charge in [-0.1, -0.05) is 56.3 Å². The summed E-state index contributed by atoms with van der Waals surface area (Å²) in [4.78, 5) is 27.2. The van der Waals surface area contributed by atoms with E-state index in [-0.39, 0.29) is 17.9 Å². The summed E-state index contributed by atoms with van der Waals surface area (Å²) in [6.45, 7) is 13.2. The molecule has 0 spiro atoms. The first-order valence-electron chi connectivity index (χ1n) is 11.9. The molecule has 2 aromatic carbocycles. The zero-order chi connectivity index (χ0) is 24.8. The van der Waals surface area contributed by atoms with Crippen LogP contribution in [0, 0.1) is 19.8 Å². The molecule has 1 atom stereocenters. The van der Waals surface area contributed by atoms with Crippen LogP contribution >= 0.6 is 0 Å². The van der Waals surface area contributed by atoms with E-state index in [0.29, 0.717) is 18.9 Å². The largest absolute Gasteiger partial charge is 0.331 e. The maximum atomic E-state index is 13.7. The molecule has 1 aromatic heterocycles. The molecule has 3 aromatic rings. The van der Waals surface area contributed by atoms with Crippen LogP contribution in [0.2, 0.25) is 0 Å². The summed E-state index contributed by atoms with van der Waals surface area (Å²) in [6.07, 6.45) is 0.304. The van der Waals surface area contributed by atoms with Crippen molar-refractivity contribution in [3.05, 3.63) is 82.7 Å². The van der Waals surface area contributed by atoms with Crippen molar-refractivity contribution in [2.75, 3.05) is 5.32 Å². The van der Waals surface area contributed by atoms with Crippen LogP contribution in [-0.4, -0.2) is 26.5 Å². The Bertz CT molecular complexity index is 1130. The Morgan fingerprint density at radius 1 is 1.03 bits per heavy atom. The van der Waals surface area contributed by atoms with E-state index in [4.69, 9.17) is 5.10 Å². The van der Waals surface area contributed by atoms with Crippen LogP contribution < -0.4 is 5.32 Å². The second-order valence-electron chi connectivity index (χ2n) is 9.39. The Morgan fingerprint density at radius 3 is 2.38 bits per heavy atom. The van der Waals surface area contributed by atoms with E-state index in [9.17, 15) is 9.59 Å². The average molecular weight is 461 g/mol. The highest BCUT2D eigenvalue weighted by Crippen LogP contribution is 2.27. The summed E-state index contributed by atoms with van der Waals surface area (Å²) in [5, 5.41) is 7.53. The van der Waals surface area contributed by atoms with Gasteiger partial charge in [-0.25, -0.2) is 0 Å².